The summed E-state index contributed by atoms with van der Waals surface area (Å²) in [5, 5.41) is 2.96. The van der Waals surface area contributed by atoms with E-state index >= 15 is 0 Å². The van der Waals surface area contributed by atoms with Gasteiger partial charge in [-0.25, -0.2) is 4.79 Å². The smallest absolute Gasteiger partial charge is 0.321 e. The van der Waals surface area contributed by atoms with E-state index in [4.69, 9.17) is 0 Å². The average molecular weight is 374 g/mol. The molecule has 4 nitrogen and oxygen atoms in total. The molecule has 0 spiro atoms. The van der Waals surface area contributed by atoms with E-state index in [0.717, 1.165) is 36.3 Å². The van der Waals surface area contributed by atoms with Crippen LogP contribution >= 0.6 is 15.9 Å². The Morgan fingerprint density at radius 1 is 1.04 bits per heavy atom. The minimum Gasteiger partial charge on any atom is -0.368 e. The number of amides is 2. The van der Waals surface area contributed by atoms with E-state index in [9.17, 15) is 4.79 Å². The molecule has 0 radical (unpaired) electrons. The van der Waals surface area contributed by atoms with Gasteiger partial charge in [0.05, 0.1) is 0 Å². The molecule has 0 bridgehead atoms. The first-order valence-corrected chi connectivity index (χ1v) is 8.54. The van der Waals surface area contributed by atoms with Crippen molar-refractivity contribution in [2.45, 2.75) is 6.92 Å². The summed E-state index contributed by atoms with van der Waals surface area (Å²) in [6.07, 6.45) is 0. The third kappa shape index (κ3) is 4.05. The maximum Gasteiger partial charge on any atom is 0.321 e. The first-order valence-electron chi connectivity index (χ1n) is 7.75. The number of piperazine rings is 1. The molecule has 1 heterocycles. The molecule has 2 aromatic rings. The Balaban J connectivity index is 1.56. The monoisotopic (exact) mass is 373 g/mol. The third-order valence-electron chi connectivity index (χ3n) is 4.04. The van der Waals surface area contributed by atoms with E-state index in [1.807, 2.05) is 48.2 Å². The lowest BCUT2D eigenvalue weighted by molar-refractivity contribution is 0.208. The van der Waals surface area contributed by atoms with Crippen LogP contribution in [0.4, 0.5) is 16.2 Å². The van der Waals surface area contributed by atoms with Crippen molar-refractivity contribution < 1.29 is 4.79 Å². The van der Waals surface area contributed by atoms with Gasteiger partial charge in [-0.15, -0.1) is 0 Å². The Labute approximate surface area is 145 Å². The van der Waals surface area contributed by atoms with Gasteiger partial charge in [0, 0.05) is 42.0 Å². The second-order valence-electron chi connectivity index (χ2n) is 5.75. The number of carbonyl (C=O) groups excluding carboxylic acids is 1. The lowest BCUT2D eigenvalue weighted by Crippen LogP contribution is -2.50. The molecule has 120 valence electrons. The van der Waals surface area contributed by atoms with Gasteiger partial charge < -0.3 is 15.1 Å². The zero-order valence-electron chi connectivity index (χ0n) is 13.1. The highest BCUT2D eigenvalue weighted by Gasteiger charge is 2.21. The summed E-state index contributed by atoms with van der Waals surface area (Å²) in [7, 11) is 0. The molecule has 2 amide bonds. The zero-order chi connectivity index (χ0) is 16.2. The van der Waals surface area contributed by atoms with Crippen LogP contribution in [0.3, 0.4) is 0 Å². The van der Waals surface area contributed by atoms with Crippen molar-refractivity contribution in [3.8, 4) is 0 Å². The highest BCUT2D eigenvalue weighted by atomic mass is 79.9. The van der Waals surface area contributed by atoms with Crippen molar-refractivity contribution in [2.24, 2.45) is 0 Å². The van der Waals surface area contributed by atoms with Crippen molar-refractivity contribution in [3.05, 3.63) is 58.6 Å². The number of benzene rings is 2. The van der Waals surface area contributed by atoms with E-state index in [-0.39, 0.29) is 6.03 Å². The van der Waals surface area contributed by atoms with Crippen LogP contribution in [0, 0.1) is 6.92 Å². The molecular formula is C18H20BrN3O. The highest BCUT2D eigenvalue weighted by Crippen LogP contribution is 2.21. The first-order chi connectivity index (χ1) is 11.1. The largest absolute Gasteiger partial charge is 0.368 e. The summed E-state index contributed by atoms with van der Waals surface area (Å²) in [5.74, 6) is 0. The summed E-state index contributed by atoms with van der Waals surface area (Å²) >= 11 is 3.50. The van der Waals surface area contributed by atoms with Crippen molar-refractivity contribution in [3.63, 3.8) is 0 Å². The molecule has 0 aliphatic carbocycles. The number of urea groups is 1. The normalized spacial score (nSPS) is 14.7. The van der Waals surface area contributed by atoms with Crippen LogP contribution in [0.2, 0.25) is 0 Å². The summed E-state index contributed by atoms with van der Waals surface area (Å²) < 4.78 is 1.08. The highest BCUT2D eigenvalue weighted by molar-refractivity contribution is 9.10. The number of halogens is 1. The van der Waals surface area contributed by atoms with Crippen LogP contribution < -0.4 is 10.2 Å². The maximum absolute atomic E-state index is 12.3. The molecule has 23 heavy (non-hydrogen) atoms. The van der Waals surface area contributed by atoms with Gasteiger partial charge in [-0.05, 0) is 37.3 Å². The molecule has 0 unspecified atom stereocenters. The van der Waals surface area contributed by atoms with Gasteiger partial charge in [0.1, 0.15) is 0 Å². The average Bonchev–Trinajstić information content (AvgIpc) is 2.57. The van der Waals surface area contributed by atoms with Gasteiger partial charge in [-0.2, -0.15) is 0 Å². The van der Waals surface area contributed by atoms with Gasteiger partial charge in [0.25, 0.3) is 0 Å². The number of rotatable bonds is 2. The molecular weight excluding hydrogens is 354 g/mol. The number of nitrogens with zero attached hydrogens (tertiary/aromatic N) is 2. The van der Waals surface area contributed by atoms with Crippen LogP contribution in [-0.4, -0.2) is 37.1 Å². The van der Waals surface area contributed by atoms with Crippen LogP contribution in [-0.2, 0) is 0 Å². The quantitative estimate of drug-likeness (QED) is 0.859. The van der Waals surface area contributed by atoms with Crippen molar-refractivity contribution >= 4 is 33.3 Å². The van der Waals surface area contributed by atoms with Crippen LogP contribution in [0.15, 0.2) is 53.0 Å². The minimum atomic E-state index is -0.0252. The Morgan fingerprint density at radius 3 is 2.39 bits per heavy atom. The fourth-order valence-electron chi connectivity index (χ4n) is 2.68. The minimum absolute atomic E-state index is 0.0252. The Kier molecular flexibility index (Phi) is 4.86. The lowest BCUT2D eigenvalue weighted by Gasteiger charge is -2.36. The Morgan fingerprint density at radius 2 is 1.74 bits per heavy atom. The summed E-state index contributed by atoms with van der Waals surface area (Å²) in [6, 6.07) is 16.1. The number of nitrogens with one attached hydrogen (secondary N) is 1. The standard InChI is InChI=1S/C18H20BrN3O/c1-14-5-7-16(8-6-14)20-18(23)22-11-9-21(10-12-22)17-4-2-3-15(19)13-17/h2-8,13H,9-12H2,1H3,(H,20,23). The topological polar surface area (TPSA) is 35.6 Å². The van der Waals surface area contributed by atoms with Gasteiger partial charge in [-0.1, -0.05) is 39.7 Å². The van der Waals surface area contributed by atoms with Crippen molar-refractivity contribution in [1.82, 2.24) is 4.90 Å². The molecule has 1 aliphatic heterocycles. The molecule has 0 atom stereocenters. The number of aryl methyl sites for hydroxylation is 1. The van der Waals surface area contributed by atoms with Gasteiger partial charge in [0.15, 0.2) is 0 Å². The molecule has 0 saturated carbocycles. The second kappa shape index (κ2) is 7.04. The predicted molar refractivity (Wildman–Crippen MR) is 98.1 cm³/mol. The Bertz CT molecular complexity index is 679. The van der Waals surface area contributed by atoms with E-state index in [2.05, 4.69) is 38.3 Å². The number of carbonyl (C=O) groups is 1. The fourth-order valence-corrected chi connectivity index (χ4v) is 3.07. The van der Waals surface area contributed by atoms with Gasteiger partial charge in [0.2, 0.25) is 0 Å². The second-order valence-corrected chi connectivity index (χ2v) is 6.67. The summed E-state index contributed by atoms with van der Waals surface area (Å²) in [5.41, 5.74) is 3.22. The van der Waals surface area contributed by atoms with Crippen LogP contribution in [0.25, 0.3) is 0 Å². The molecule has 1 N–H and O–H groups in total. The molecule has 1 fully saturated rings. The number of hydrogen-bond acceptors (Lipinski definition) is 2. The van der Waals surface area contributed by atoms with Crippen molar-refractivity contribution in [1.29, 1.82) is 0 Å². The molecule has 1 saturated heterocycles. The lowest BCUT2D eigenvalue weighted by atomic mass is 10.2. The molecule has 2 aromatic carbocycles. The predicted octanol–water partition coefficient (Wildman–Crippen LogP) is 4.11. The summed E-state index contributed by atoms with van der Waals surface area (Å²) in [4.78, 5) is 16.5. The van der Waals surface area contributed by atoms with E-state index < -0.39 is 0 Å². The first kappa shape index (κ1) is 15.9. The van der Waals surface area contributed by atoms with E-state index in [1.165, 1.54) is 11.3 Å². The molecule has 1 aliphatic rings. The third-order valence-corrected chi connectivity index (χ3v) is 4.54. The number of hydrogen-bond donors (Lipinski definition) is 1. The van der Waals surface area contributed by atoms with Crippen molar-refractivity contribution in [2.75, 3.05) is 36.4 Å². The van der Waals surface area contributed by atoms with Crippen LogP contribution in [0.5, 0.6) is 0 Å². The SMILES string of the molecule is Cc1ccc(NC(=O)N2CCN(c3cccc(Br)c3)CC2)cc1. The molecule has 0 aromatic heterocycles. The number of anilines is 2. The fraction of sp³-hybridized carbons (Fsp3) is 0.278. The van der Waals surface area contributed by atoms with E-state index in [1.54, 1.807) is 0 Å². The zero-order valence-corrected chi connectivity index (χ0v) is 14.7. The molecule has 5 heteroatoms. The Hall–Kier alpha value is -2.01. The van der Waals surface area contributed by atoms with Crippen LogP contribution in [0.1, 0.15) is 5.56 Å². The van der Waals surface area contributed by atoms with Gasteiger partial charge >= 0.3 is 6.03 Å². The van der Waals surface area contributed by atoms with Gasteiger partial charge in [-0.3, -0.25) is 0 Å². The van der Waals surface area contributed by atoms with E-state index in [0.29, 0.717) is 0 Å². The summed E-state index contributed by atoms with van der Waals surface area (Å²) in [6.45, 7) is 5.18. The maximum atomic E-state index is 12.3. The molecule has 3 rings (SSSR count).